The first-order valence-corrected chi connectivity index (χ1v) is 6.56. The fraction of sp³-hybridized carbons (Fsp3) is 0.462. The summed E-state index contributed by atoms with van der Waals surface area (Å²) in [4.78, 5) is 21.8. The molecule has 1 saturated carbocycles. The van der Waals surface area contributed by atoms with E-state index in [1.165, 1.54) is 12.1 Å². The van der Waals surface area contributed by atoms with E-state index in [4.69, 9.17) is 16.3 Å². The third-order valence-corrected chi connectivity index (χ3v) is 3.58. The smallest absolute Gasteiger partial charge is 0.312 e. The standard InChI is InChI=1S/C13H14ClNO4/c14-10-4-2-5-11(15(17)18)13(10)19-8-7-9-3-1-6-12(9)16/h2,4-5,9H,1,3,6-8H2. The van der Waals surface area contributed by atoms with Crippen LogP contribution in [0.25, 0.3) is 0 Å². The molecular weight excluding hydrogens is 270 g/mol. The summed E-state index contributed by atoms with van der Waals surface area (Å²) < 4.78 is 5.41. The number of hydrogen-bond donors (Lipinski definition) is 0. The second kappa shape index (κ2) is 6.02. The minimum Gasteiger partial charge on any atom is -0.486 e. The van der Waals surface area contributed by atoms with Gasteiger partial charge in [-0.15, -0.1) is 0 Å². The van der Waals surface area contributed by atoms with Crippen molar-refractivity contribution in [2.75, 3.05) is 6.61 Å². The zero-order valence-electron chi connectivity index (χ0n) is 10.3. The number of ketones is 1. The highest BCUT2D eigenvalue weighted by atomic mass is 35.5. The number of halogens is 1. The van der Waals surface area contributed by atoms with Crippen LogP contribution >= 0.6 is 11.6 Å². The molecule has 1 aliphatic rings. The van der Waals surface area contributed by atoms with E-state index >= 15 is 0 Å². The summed E-state index contributed by atoms with van der Waals surface area (Å²) in [6.45, 7) is 0.265. The van der Waals surface area contributed by atoms with E-state index in [-0.39, 0.29) is 34.8 Å². The third-order valence-electron chi connectivity index (χ3n) is 3.29. The van der Waals surface area contributed by atoms with Crippen LogP contribution in [0.15, 0.2) is 18.2 Å². The van der Waals surface area contributed by atoms with Crippen LogP contribution in [0.5, 0.6) is 5.75 Å². The summed E-state index contributed by atoms with van der Waals surface area (Å²) in [7, 11) is 0. The highest BCUT2D eigenvalue weighted by Crippen LogP contribution is 2.35. The van der Waals surface area contributed by atoms with E-state index in [1.807, 2.05) is 0 Å². The molecule has 1 aliphatic carbocycles. The number of rotatable bonds is 5. The van der Waals surface area contributed by atoms with Gasteiger partial charge in [-0.25, -0.2) is 0 Å². The summed E-state index contributed by atoms with van der Waals surface area (Å²) in [5.74, 6) is 0.374. The maximum Gasteiger partial charge on any atom is 0.312 e. The van der Waals surface area contributed by atoms with Gasteiger partial charge in [-0.2, -0.15) is 0 Å². The average Bonchev–Trinajstić information content (AvgIpc) is 2.77. The van der Waals surface area contributed by atoms with Crippen LogP contribution in [0.3, 0.4) is 0 Å². The SMILES string of the molecule is O=C1CCCC1CCOc1c(Cl)cccc1[N+](=O)[O-]. The Labute approximate surface area is 115 Å². The number of carbonyl (C=O) groups is 1. The molecule has 0 spiro atoms. The molecule has 1 aromatic carbocycles. The summed E-state index contributed by atoms with van der Waals surface area (Å²) >= 11 is 5.90. The number of nitro groups is 1. The van der Waals surface area contributed by atoms with Gasteiger partial charge in [0.2, 0.25) is 5.75 Å². The van der Waals surface area contributed by atoms with Crippen LogP contribution in [0.1, 0.15) is 25.7 Å². The molecule has 0 aromatic heterocycles. The van der Waals surface area contributed by atoms with E-state index in [2.05, 4.69) is 0 Å². The summed E-state index contributed by atoms with van der Waals surface area (Å²) in [5, 5.41) is 11.1. The van der Waals surface area contributed by atoms with Crippen molar-refractivity contribution < 1.29 is 14.5 Å². The molecule has 6 heteroatoms. The largest absolute Gasteiger partial charge is 0.486 e. The third kappa shape index (κ3) is 3.23. The maximum atomic E-state index is 11.5. The Kier molecular flexibility index (Phi) is 4.37. The molecule has 0 heterocycles. The average molecular weight is 284 g/mol. The first-order valence-electron chi connectivity index (χ1n) is 6.18. The van der Waals surface area contributed by atoms with Gasteiger partial charge >= 0.3 is 5.69 Å². The van der Waals surface area contributed by atoms with Gasteiger partial charge in [0.25, 0.3) is 0 Å². The van der Waals surface area contributed by atoms with Crippen molar-refractivity contribution in [2.24, 2.45) is 5.92 Å². The fourth-order valence-corrected chi connectivity index (χ4v) is 2.50. The Morgan fingerprint density at radius 2 is 2.26 bits per heavy atom. The number of nitro benzene ring substituents is 1. The molecular formula is C13H14ClNO4. The van der Waals surface area contributed by atoms with E-state index in [1.54, 1.807) is 6.07 Å². The van der Waals surface area contributed by atoms with Crippen LogP contribution in [0.2, 0.25) is 5.02 Å². The number of Topliss-reactive ketones (excluding diaryl/α,β-unsaturated/α-hetero) is 1. The second-order valence-electron chi connectivity index (χ2n) is 4.54. The molecule has 0 bridgehead atoms. The van der Waals surface area contributed by atoms with E-state index in [0.717, 1.165) is 12.8 Å². The number of nitrogens with zero attached hydrogens (tertiary/aromatic N) is 1. The second-order valence-corrected chi connectivity index (χ2v) is 4.94. The lowest BCUT2D eigenvalue weighted by atomic mass is 10.0. The van der Waals surface area contributed by atoms with E-state index in [0.29, 0.717) is 12.8 Å². The summed E-state index contributed by atoms with van der Waals surface area (Å²) in [5.41, 5.74) is -0.148. The molecule has 1 unspecified atom stereocenters. The molecule has 1 atom stereocenters. The molecule has 102 valence electrons. The zero-order chi connectivity index (χ0) is 13.8. The van der Waals surface area contributed by atoms with Gasteiger partial charge in [-0.05, 0) is 25.3 Å². The maximum absolute atomic E-state index is 11.5. The summed E-state index contributed by atoms with van der Waals surface area (Å²) in [6, 6.07) is 4.40. The predicted molar refractivity (Wildman–Crippen MR) is 70.6 cm³/mol. The van der Waals surface area contributed by atoms with Crippen molar-refractivity contribution in [3.8, 4) is 5.75 Å². The lowest BCUT2D eigenvalue weighted by molar-refractivity contribution is -0.385. The van der Waals surface area contributed by atoms with Gasteiger partial charge < -0.3 is 4.74 Å². The fourth-order valence-electron chi connectivity index (χ4n) is 2.28. The monoisotopic (exact) mass is 283 g/mol. The van der Waals surface area contributed by atoms with E-state index < -0.39 is 4.92 Å². The van der Waals surface area contributed by atoms with Gasteiger partial charge in [0.1, 0.15) is 5.78 Å². The molecule has 0 N–H and O–H groups in total. The van der Waals surface area contributed by atoms with Crippen molar-refractivity contribution in [3.63, 3.8) is 0 Å². The Morgan fingerprint density at radius 1 is 1.47 bits per heavy atom. The zero-order valence-corrected chi connectivity index (χ0v) is 11.1. The molecule has 19 heavy (non-hydrogen) atoms. The number of para-hydroxylation sites is 1. The number of hydrogen-bond acceptors (Lipinski definition) is 4. The van der Waals surface area contributed by atoms with Crippen LogP contribution in [0, 0.1) is 16.0 Å². The first-order chi connectivity index (χ1) is 9.09. The van der Waals surface area contributed by atoms with Crippen molar-refractivity contribution >= 4 is 23.1 Å². The number of carbonyl (C=O) groups excluding carboxylic acids is 1. The molecule has 1 aromatic rings. The lowest BCUT2D eigenvalue weighted by Crippen LogP contribution is -2.11. The molecule has 5 nitrogen and oxygen atoms in total. The van der Waals surface area contributed by atoms with Crippen molar-refractivity contribution in [2.45, 2.75) is 25.7 Å². The lowest BCUT2D eigenvalue weighted by Gasteiger charge is -2.10. The molecule has 0 aliphatic heterocycles. The van der Waals surface area contributed by atoms with Gasteiger partial charge in [-0.1, -0.05) is 17.7 Å². The Balaban J connectivity index is 1.99. The normalized spacial score (nSPS) is 18.6. The minimum atomic E-state index is -0.526. The van der Waals surface area contributed by atoms with Gasteiger partial charge in [-0.3, -0.25) is 14.9 Å². The van der Waals surface area contributed by atoms with Crippen molar-refractivity contribution in [3.05, 3.63) is 33.3 Å². The van der Waals surface area contributed by atoms with Crippen LogP contribution in [-0.2, 0) is 4.79 Å². The van der Waals surface area contributed by atoms with Gasteiger partial charge in [0.05, 0.1) is 16.6 Å². The number of ether oxygens (including phenoxy) is 1. The molecule has 1 fully saturated rings. The highest BCUT2D eigenvalue weighted by molar-refractivity contribution is 6.32. The Morgan fingerprint density at radius 3 is 2.89 bits per heavy atom. The molecule has 2 rings (SSSR count). The van der Waals surface area contributed by atoms with Crippen LogP contribution in [0.4, 0.5) is 5.69 Å². The predicted octanol–water partition coefficient (Wildman–Crippen LogP) is 3.39. The molecule has 0 saturated heterocycles. The molecule has 0 radical (unpaired) electrons. The molecule has 0 amide bonds. The Hall–Kier alpha value is -1.62. The highest BCUT2D eigenvalue weighted by Gasteiger charge is 2.25. The van der Waals surface area contributed by atoms with Crippen molar-refractivity contribution in [1.82, 2.24) is 0 Å². The minimum absolute atomic E-state index is 0.0292. The van der Waals surface area contributed by atoms with Gasteiger partial charge in [0, 0.05) is 18.4 Å². The van der Waals surface area contributed by atoms with Crippen LogP contribution in [-0.4, -0.2) is 17.3 Å². The summed E-state index contributed by atoms with van der Waals surface area (Å²) in [6.07, 6.45) is 3.03. The van der Waals surface area contributed by atoms with E-state index in [9.17, 15) is 14.9 Å². The van der Waals surface area contributed by atoms with Gasteiger partial charge in [0.15, 0.2) is 0 Å². The first kappa shape index (κ1) is 13.8. The Bertz CT molecular complexity index is 503. The topological polar surface area (TPSA) is 69.4 Å². The quantitative estimate of drug-likeness (QED) is 0.613. The van der Waals surface area contributed by atoms with Crippen LogP contribution < -0.4 is 4.74 Å². The van der Waals surface area contributed by atoms with Crippen molar-refractivity contribution in [1.29, 1.82) is 0 Å². The number of benzene rings is 1.